The third-order valence-electron chi connectivity index (χ3n) is 6.33. The number of carbonyl (C=O) groups excluding carboxylic acids is 1. The number of methoxy groups -OCH3 is 1. The Balaban J connectivity index is 0.000000150. The van der Waals surface area contributed by atoms with E-state index in [1.807, 2.05) is 14.0 Å². The zero-order valence-corrected chi connectivity index (χ0v) is 19.0. The van der Waals surface area contributed by atoms with E-state index in [9.17, 15) is 4.79 Å². The molecule has 0 atom stereocenters. The summed E-state index contributed by atoms with van der Waals surface area (Å²) in [5, 5.41) is 0.546. The molecule has 3 aromatic rings. The average Bonchev–Trinajstić information content (AvgIpc) is 3.06. The van der Waals surface area contributed by atoms with Gasteiger partial charge in [-0.1, -0.05) is 36.2 Å². The summed E-state index contributed by atoms with van der Waals surface area (Å²) in [5.41, 5.74) is 10.4. The molecule has 1 aliphatic heterocycles. The fourth-order valence-electron chi connectivity index (χ4n) is 4.61. The predicted octanol–water partition coefficient (Wildman–Crippen LogP) is 4.26. The lowest BCUT2D eigenvalue weighted by Gasteiger charge is -2.59. The molecule has 1 aromatic carbocycles. The predicted molar refractivity (Wildman–Crippen MR) is 124 cm³/mol. The molecule has 7 heteroatoms. The van der Waals surface area contributed by atoms with Crippen LogP contribution in [0, 0.1) is 12.3 Å². The van der Waals surface area contributed by atoms with Gasteiger partial charge in [-0.05, 0) is 50.5 Å². The minimum atomic E-state index is -0.485. The standard InChI is InChI=1S/C14H19NO.C10H10ClN3O/c1-11-3-5-12(6-4-11)15-9-14(10-15)7-13(8-14)16-2;1-2-7-9(10(12)15)14-5-6(11)3-4-8(14)13-7/h3-6,13H,7-10H2,1-2H3;3-5H,2H2,1H3,(H2,12,15). The number of nitrogens with zero attached hydrogens (tertiary/aromatic N) is 3. The van der Waals surface area contributed by atoms with E-state index in [4.69, 9.17) is 22.1 Å². The van der Waals surface area contributed by atoms with Crippen LogP contribution in [-0.2, 0) is 11.2 Å². The number of benzene rings is 1. The lowest BCUT2D eigenvalue weighted by atomic mass is 9.61. The van der Waals surface area contributed by atoms with E-state index in [2.05, 4.69) is 41.1 Å². The van der Waals surface area contributed by atoms with E-state index < -0.39 is 5.91 Å². The van der Waals surface area contributed by atoms with Crippen LogP contribution in [0.5, 0.6) is 0 Å². The van der Waals surface area contributed by atoms with Crippen molar-refractivity contribution in [1.29, 1.82) is 0 Å². The van der Waals surface area contributed by atoms with Crippen molar-refractivity contribution in [2.75, 3.05) is 25.1 Å². The molecule has 2 aromatic heterocycles. The van der Waals surface area contributed by atoms with Crippen molar-refractivity contribution in [3.63, 3.8) is 0 Å². The van der Waals surface area contributed by atoms with Gasteiger partial charge in [0.05, 0.1) is 16.8 Å². The molecule has 0 unspecified atom stereocenters. The van der Waals surface area contributed by atoms with Gasteiger partial charge in [0, 0.05) is 37.5 Å². The highest BCUT2D eigenvalue weighted by atomic mass is 35.5. The maximum atomic E-state index is 11.3. The molecule has 2 aliphatic rings. The molecule has 1 spiro atoms. The number of amides is 1. The van der Waals surface area contributed by atoms with Gasteiger partial charge in [0.25, 0.3) is 5.91 Å². The fraction of sp³-hybridized carbons (Fsp3) is 0.417. The molecule has 0 bridgehead atoms. The summed E-state index contributed by atoms with van der Waals surface area (Å²) in [6, 6.07) is 12.3. The molecular weight excluding hydrogens is 412 g/mol. The first-order valence-corrected chi connectivity index (χ1v) is 11.0. The zero-order chi connectivity index (χ0) is 22.2. The van der Waals surface area contributed by atoms with Crippen LogP contribution in [0.3, 0.4) is 0 Å². The number of fused-ring (bicyclic) bond motifs is 1. The average molecular weight is 441 g/mol. The number of halogens is 1. The Bertz CT molecular complexity index is 1080. The van der Waals surface area contributed by atoms with Crippen LogP contribution in [0.2, 0.25) is 5.02 Å². The van der Waals surface area contributed by atoms with E-state index in [0.29, 0.717) is 40.0 Å². The Morgan fingerprint density at radius 1 is 1.23 bits per heavy atom. The largest absolute Gasteiger partial charge is 0.381 e. The summed E-state index contributed by atoms with van der Waals surface area (Å²) >= 11 is 5.85. The molecule has 0 radical (unpaired) electrons. The van der Waals surface area contributed by atoms with Crippen LogP contribution in [0.15, 0.2) is 42.6 Å². The van der Waals surface area contributed by atoms with Gasteiger partial charge in [-0.15, -0.1) is 0 Å². The lowest BCUT2D eigenvalue weighted by molar-refractivity contribution is -0.0731. The Labute approximate surface area is 188 Å². The van der Waals surface area contributed by atoms with Gasteiger partial charge in [-0.25, -0.2) is 4.98 Å². The normalized spacial score (nSPS) is 17.1. The SMILES string of the molecule is CCc1nc2ccc(Cl)cn2c1C(N)=O.COC1CC2(C1)CN(c1ccc(C)cc1)C2. The molecule has 164 valence electrons. The number of imidazole rings is 1. The van der Waals surface area contributed by atoms with Crippen molar-refractivity contribution in [2.24, 2.45) is 11.1 Å². The number of anilines is 1. The number of hydrogen-bond donors (Lipinski definition) is 1. The lowest BCUT2D eigenvalue weighted by Crippen LogP contribution is -2.64. The molecule has 5 rings (SSSR count). The van der Waals surface area contributed by atoms with Crippen molar-refractivity contribution in [1.82, 2.24) is 9.38 Å². The molecule has 2 fully saturated rings. The van der Waals surface area contributed by atoms with Crippen molar-refractivity contribution in [2.45, 2.75) is 39.2 Å². The molecule has 1 aliphatic carbocycles. The van der Waals surface area contributed by atoms with Gasteiger partial charge < -0.3 is 15.4 Å². The number of ether oxygens (including phenoxy) is 1. The molecule has 2 N–H and O–H groups in total. The number of rotatable bonds is 4. The van der Waals surface area contributed by atoms with Gasteiger partial charge in [0.1, 0.15) is 11.3 Å². The first kappa shape index (κ1) is 21.7. The minimum Gasteiger partial charge on any atom is -0.381 e. The summed E-state index contributed by atoms with van der Waals surface area (Å²) in [6.07, 6.45) is 5.35. The minimum absolute atomic E-state index is 0.412. The van der Waals surface area contributed by atoms with Crippen LogP contribution < -0.4 is 10.6 Å². The van der Waals surface area contributed by atoms with Crippen LogP contribution in [0.4, 0.5) is 5.69 Å². The second kappa shape index (κ2) is 8.52. The Hall–Kier alpha value is -2.57. The van der Waals surface area contributed by atoms with Crippen LogP contribution in [0.25, 0.3) is 5.65 Å². The van der Waals surface area contributed by atoms with Crippen molar-refractivity contribution in [3.8, 4) is 0 Å². The number of aromatic nitrogens is 2. The number of nitrogens with two attached hydrogens (primary N) is 1. The summed E-state index contributed by atoms with van der Waals surface area (Å²) in [5.74, 6) is -0.485. The highest BCUT2D eigenvalue weighted by molar-refractivity contribution is 6.30. The topological polar surface area (TPSA) is 72.9 Å². The molecule has 1 amide bonds. The van der Waals surface area contributed by atoms with E-state index >= 15 is 0 Å². The Kier molecular flexibility index (Phi) is 5.95. The zero-order valence-electron chi connectivity index (χ0n) is 18.3. The highest BCUT2D eigenvalue weighted by Crippen LogP contribution is 2.50. The Morgan fingerprint density at radius 3 is 2.48 bits per heavy atom. The van der Waals surface area contributed by atoms with Gasteiger partial charge >= 0.3 is 0 Å². The summed E-state index contributed by atoms with van der Waals surface area (Å²) in [4.78, 5) is 18.1. The van der Waals surface area contributed by atoms with Crippen molar-refractivity contribution in [3.05, 3.63) is 64.6 Å². The summed E-state index contributed by atoms with van der Waals surface area (Å²) in [6.45, 7) is 6.50. The maximum Gasteiger partial charge on any atom is 0.267 e. The maximum absolute atomic E-state index is 11.3. The van der Waals surface area contributed by atoms with Gasteiger partial charge in [-0.2, -0.15) is 0 Å². The molecule has 31 heavy (non-hydrogen) atoms. The molecule has 6 nitrogen and oxygen atoms in total. The molecule has 3 heterocycles. The number of carbonyl (C=O) groups is 1. The molecule has 1 saturated heterocycles. The number of pyridine rings is 1. The van der Waals surface area contributed by atoms with Crippen LogP contribution in [-0.4, -0.2) is 41.6 Å². The van der Waals surface area contributed by atoms with Crippen molar-refractivity contribution >= 4 is 28.8 Å². The summed E-state index contributed by atoms with van der Waals surface area (Å²) in [7, 11) is 1.83. The highest BCUT2D eigenvalue weighted by Gasteiger charge is 2.52. The number of aryl methyl sites for hydroxylation is 2. The van der Waals surface area contributed by atoms with E-state index in [1.165, 1.54) is 37.2 Å². The number of hydrogen-bond acceptors (Lipinski definition) is 4. The van der Waals surface area contributed by atoms with Gasteiger partial charge in [0.2, 0.25) is 0 Å². The van der Waals surface area contributed by atoms with E-state index in [1.54, 1.807) is 22.7 Å². The molecular formula is C24H29ClN4O2. The smallest absolute Gasteiger partial charge is 0.267 e. The Morgan fingerprint density at radius 2 is 1.90 bits per heavy atom. The van der Waals surface area contributed by atoms with E-state index in [-0.39, 0.29) is 0 Å². The third kappa shape index (κ3) is 4.27. The molecule has 1 saturated carbocycles. The fourth-order valence-corrected chi connectivity index (χ4v) is 4.77. The second-order valence-corrected chi connectivity index (χ2v) is 9.09. The summed E-state index contributed by atoms with van der Waals surface area (Å²) < 4.78 is 6.98. The first-order chi connectivity index (χ1) is 14.8. The van der Waals surface area contributed by atoms with Gasteiger partial charge in [0.15, 0.2) is 0 Å². The van der Waals surface area contributed by atoms with Crippen molar-refractivity contribution < 1.29 is 9.53 Å². The monoisotopic (exact) mass is 440 g/mol. The first-order valence-electron chi connectivity index (χ1n) is 10.6. The van der Waals surface area contributed by atoms with Crippen LogP contribution in [0.1, 0.15) is 41.5 Å². The quantitative estimate of drug-likeness (QED) is 0.657. The van der Waals surface area contributed by atoms with Gasteiger partial charge in [-0.3, -0.25) is 9.20 Å². The third-order valence-corrected chi connectivity index (χ3v) is 6.55. The van der Waals surface area contributed by atoms with Crippen LogP contribution >= 0.6 is 11.6 Å². The number of primary amides is 1. The van der Waals surface area contributed by atoms with E-state index in [0.717, 1.165) is 0 Å². The second-order valence-electron chi connectivity index (χ2n) is 8.66.